The van der Waals surface area contributed by atoms with Gasteiger partial charge in [0.1, 0.15) is 0 Å². The van der Waals surface area contributed by atoms with Gasteiger partial charge in [-0.2, -0.15) is 0 Å². The molecule has 2 aliphatic carbocycles. The Labute approximate surface area is 147 Å². The zero-order chi connectivity index (χ0) is 16.6. The van der Waals surface area contributed by atoms with Gasteiger partial charge in [0.2, 0.25) is 0 Å². The highest BCUT2D eigenvalue weighted by Gasteiger charge is 2.40. The second kappa shape index (κ2) is 7.49. The Bertz CT molecular complexity index is 624. The molecule has 2 bridgehead atoms. The van der Waals surface area contributed by atoms with Crippen LogP contribution >= 0.6 is 12.4 Å². The topological polar surface area (TPSA) is 98.3 Å². The minimum absolute atomic E-state index is 0. The molecule has 2 fully saturated rings. The summed E-state index contributed by atoms with van der Waals surface area (Å²) in [7, 11) is 0. The van der Waals surface area contributed by atoms with Crippen molar-refractivity contribution in [2.24, 2.45) is 17.6 Å². The first-order valence-corrected chi connectivity index (χ1v) is 8.27. The van der Waals surface area contributed by atoms with E-state index in [2.05, 4.69) is 5.32 Å². The van der Waals surface area contributed by atoms with E-state index in [-0.39, 0.29) is 36.1 Å². The van der Waals surface area contributed by atoms with Crippen LogP contribution < -0.4 is 11.1 Å². The quantitative estimate of drug-likeness (QED) is 0.644. The molecule has 2 saturated carbocycles. The van der Waals surface area contributed by atoms with E-state index in [1.165, 1.54) is 18.6 Å². The van der Waals surface area contributed by atoms with Gasteiger partial charge < -0.3 is 11.1 Å². The summed E-state index contributed by atoms with van der Waals surface area (Å²) in [6.07, 6.45) is 5.31. The van der Waals surface area contributed by atoms with Crippen molar-refractivity contribution in [3.05, 3.63) is 39.4 Å². The van der Waals surface area contributed by atoms with Crippen molar-refractivity contribution in [1.82, 2.24) is 5.32 Å². The lowest BCUT2D eigenvalue weighted by Crippen LogP contribution is -2.53. The van der Waals surface area contributed by atoms with Crippen LogP contribution in [0.2, 0.25) is 0 Å². The average molecular weight is 354 g/mol. The number of nitrogens with zero attached hydrogens (tertiary/aromatic N) is 1. The van der Waals surface area contributed by atoms with Crippen LogP contribution in [0.25, 0.3) is 0 Å². The predicted octanol–water partition coefficient (Wildman–Crippen LogP) is 2.96. The van der Waals surface area contributed by atoms with E-state index >= 15 is 0 Å². The Balaban J connectivity index is 0.00000208. The second-order valence-electron chi connectivity index (χ2n) is 6.94. The van der Waals surface area contributed by atoms with Crippen LogP contribution in [0.4, 0.5) is 5.69 Å². The summed E-state index contributed by atoms with van der Waals surface area (Å²) >= 11 is 0. The number of carbonyl (C=O) groups excluding carboxylic acids is 1. The summed E-state index contributed by atoms with van der Waals surface area (Å²) in [4.78, 5) is 23.1. The third-order valence-corrected chi connectivity index (χ3v) is 5.35. The Morgan fingerprint density at radius 3 is 2.50 bits per heavy atom. The molecule has 0 spiro atoms. The van der Waals surface area contributed by atoms with E-state index in [4.69, 9.17) is 5.73 Å². The maximum absolute atomic E-state index is 12.7. The molecule has 0 radical (unpaired) electrons. The van der Waals surface area contributed by atoms with Crippen molar-refractivity contribution in [3.8, 4) is 0 Å². The van der Waals surface area contributed by atoms with Crippen molar-refractivity contribution in [2.75, 3.05) is 0 Å². The zero-order valence-electron chi connectivity index (χ0n) is 13.7. The molecule has 3 N–H and O–H groups in total. The van der Waals surface area contributed by atoms with Crippen LogP contribution in [0.1, 0.15) is 48.0 Å². The Kier molecular flexibility index (Phi) is 5.83. The molecule has 0 aliphatic heterocycles. The molecule has 7 heteroatoms. The molecular weight excluding hydrogens is 330 g/mol. The number of nitrogens with one attached hydrogen (secondary N) is 1. The zero-order valence-corrected chi connectivity index (χ0v) is 14.6. The number of amides is 1. The fourth-order valence-electron chi connectivity index (χ4n) is 4.22. The van der Waals surface area contributed by atoms with E-state index in [0.29, 0.717) is 17.4 Å². The summed E-state index contributed by atoms with van der Waals surface area (Å²) in [6, 6.07) is 4.81. The third-order valence-electron chi connectivity index (χ3n) is 5.35. The van der Waals surface area contributed by atoms with E-state index in [1.807, 2.05) is 0 Å². The summed E-state index contributed by atoms with van der Waals surface area (Å²) in [5.41, 5.74) is 7.22. The van der Waals surface area contributed by atoms with Crippen LogP contribution in [-0.2, 0) is 0 Å². The van der Waals surface area contributed by atoms with Crippen molar-refractivity contribution in [1.29, 1.82) is 0 Å². The SMILES string of the molecule is Cc1ccc([N+](=O)[O-])cc1C(=O)NC1C2CCCC1CC(N)C2.Cl. The van der Waals surface area contributed by atoms with Gasteiger partial charge in [0.05, 0.1) is 4.92 Å². The number of aryl methyl sites for hydroxylation is 1. The molecule has 1 aromatic carbocycles. The van der Waals surface area contributed by atoms with Crippen LogP contribution in [-0.4, -0.2) is 22.9 Å². The average Bonchev–Trinajstić information content (AvgIpc) is 2.48. The summed E-state index contributed by atoms with van der Waals surface area (Å²) in [6.45, 7) is 1.80. The van der Waals surface area contributed by atoms with Crippen LogP contribution in [0.15, 0.2) is 18.2 Å². The first kappa shape index (κ1) is 18.7. The van der Waals surface area contributed by atoms with Gasteiger partial charge in [-0.25, -0.2) is 0 Å². The highest BCUT2D eigenvalue weighted by molar-refractivity contribution is 5.96. The molecular formula is C17H24ClN3O3. The number of benzene rings is 1. The van der Waals surface area contributed by atoms with Gasteiger partial charge in [-0.15, -0.1) is 12.4 Å². The highest BCUT2D eigenvalue weighted by atomic mass is 35.5. The van der Waals surface area contributed by atoms with Gasteiger partial charge in [-0.3, -0.25) is 14.9 Å². The van der Waals surface area contributed by atoms with Crippen LogP contribution in [0, 0.1) is 28.9 Å². The number of nitro benzene ring substituents is 1. The number of nitro groups is 1. The van der Waals surface area contributed by atoms with Gasteiger partial charge in [0.15, 0.2) is 0 Å². The fraction of sp³-hybridized carbons (Fsp3) is 0.588. The number of nitrogens with two attached hydrogens (primary N) is 1. The molecule has 3 rings (SSSR count). The maximum Gasteiger partial charge on any atom is 0.270 e. The number of hydrogen-bond acceptors (Lipinski definition) is 4. The van der Waals surface area contributed by atoms with E-state index in [1.54, 1.807) is 13.0 Å². The van der Waals surface area contributed by atoms with E-state index < -0.39 is 4.92 Å². The molecule has 2 atom stereocenters. The predicted molar refractivity (Wildman–Crippen MR) is 94.4 cm³/mol. The molecule has 132 valence electrons. The number of fused-ring (bicyclic) bond motifs is 2. The molecule has 0 aromatic heterocycles. The second-order valence-corrected chi connectivity index (χ2v) is 6.94. The van der Waals surface area contributed by atoms with Crippen molar-refractivity contribution in [2.45, 2.75) is 51.1 Å². The summed E-state index contributed by atoms with van der Waals surface area (Å²) in [5, 5.41) is 14.1. The molecule has 1 aromatic rings. The summed E-state index contributed by atoms with van der Waals surface area (Å²) in [5.74, 6) is 0.657. The lowest BCUT2D eigenvalue weighted by molar-refractivity contribution is -0.384. The smallest absolute Gasteiger partial charge is 0.270 e. The number of halogens is 1. The molecule has 24 heavy (non-hydrogen) atoms. The van der Waals surface area contributed by atoms with E-state index in [9.17, 15) is 14.9 Å². The number of hydrogen-bond donors (Lipinski definition) is 2. The molecule has 2 aliphatic rings. The lowest BCUT2D eigenvalue weighted by Gasteiger charge is -2.45. The first-order chi connectivity index (χ1) is 11.0. The van der Waals surface area contributed by atoms with Crippen LogP contribution in [0.5, 0.6) is 0 Å². The molecule has 0 heterocycles. The Morgan fingerprint density at radius 2 is 1.92 bits per heavy atom. The Hall–Kier alpha value is -1.66. The Morgan fingerprint density at radius 1 is 1.29 bits per heavy atom. The van der Waals surface area contributed by atoms with E-state index in [0.717, 1.165) is 31.2 Å². The van der Waals surface area contributed by atoms with Gasteiger partial charge in [-0.1, -0.05) is 12.5 Å². The van der Waals surface area contributed by atoms with Crippen molar-refractivity contribution in [3.63, 3.8) is 0 Å². The maximum atomic E-state index is 12.7. The van der Waals surface area contributed by atoms with Crippen molar-refractivity contribution >= 4 is 24.0 Å². The number of rotatable bonds is 3. The molecule has 1 amide bonds. The van der Waals surface area contributed by atoms with Gasteiger partial charge >= 0.3 is 0 Å². The lowest BCUT2D eigenvalue weighted by atomic mass is 9.67. The standard InChI is InChI=1S/C17H23N3O3.ClH/c1-10-5-6-14(20(22)23)9-15(10)17(21)19-16-11-3-2-4-12(16)8-13(18)7-11;/h5-6,9,11-13,16H,2-4,7-8,18H2,1H3,(H,19,21);1H. The molecule has 2 unspecified atom stereocenters. The van der Waals surface area contributed by atoms with Gasteiger partial charge in [0.25, 0.3) is 11.6 Å². The number of non-ortho nitro benzene ring substituents is 1. The minimum atomic E-state index is -0.468. The normalized spacial score (nSPS) is 28.6. The number of carbonyl (C=O) groups is 1. The highest BCUT2D eigenvalue weighted by Crippen LogP contribution is 2.39. The van der Waals surface area contributed by atoms with Gasteiger partial charge in [0, 0.05) is 29.8 Å². The largest absolute Gasteiger partial charge is 0.349 e. The van der Waals surface area contributed by atoms with Crippen LogP contribution in [0.3, 0.4) is 0 Å². The van der Waals surface area contributed by atoms with Crippen molar-refractivity contribution < 1.29 is 9.72 Å². The van der Waals surface area contributed by atoms with Gasteiger partial charge in [-0.05, 0) is 50.0 Å². The monoisotopic (exact) mass is 353 g/mol. The first-order valence-electron chi connectivity index (χ1n) is 8.27. The third kappa shape index (κ3) is 3.70. The molecule has 6 nitrogen and oxygen atoms in total. The fourth-order valence-corrected chi connectivity index (χ4v) is 4.22. The minimum Gasteiger partial charge on any atom is -0.349 e. The summed E-state index contributed by atoms with van der Waals surface area (Å²) < 4.78 is 0. The molecule has 0 saturated heterocycles.